The molecule has 0 radical (unpaired) electrons. The first-order chi connectivity index (χ1) is 11.5. The van der Waals surface area contributed by atoms with E-state index >= 15 is 0 Å². The van der Waals surface area contributed by atoms with E-state index in [2.05, 4.69) is 4.98 Å². The molecule has 24 heavy (non-hydrogen) atoms. The highest BCUT2D eigenvalue weighted by Gasteiger charge is 2.27. The van der Waals surface area contributed by atoms with Gasteiger partial charge in [0.2, 0.25) is 0 Å². The SMILES string of the molecule is Cc1nc2ccccc2c(C)c1C(=O)OC(C)C(=O)N1CCCC1. The summed E-state index contributed by atoms with van der Waals surface area (Å²) in [5, 5.41) is 0.925. The van der Waals surface area contributed by atoms with Gasteiger partial charge in [0, 0.05) is 18.5 Å². The van der Waals surface area contributed by atoms with Gasteiger partial charge in [0.15, 0.2) is 6.10 Å². The van der Waals surface area contributed by atoms with Crippen molar-refractivity contribution < 1.29 is 14.3 Å². The summed E-state index contributed by atoms with van der Waals surface area (Å²) in [5.74, 6) is -0.604. The number of aromatic nitrogens is 1. The molecule has 1 unspecified atom stereocenters. The Morgan fingerprint density at radius 1 is 1.17 bits per heavy atom. The number of para-hydroxylation sites is 1. The Morgan fingerprint density at radius 3 is 2.54 bits per heavy atom. The molecule has 1 atom stereocenters. The van der Waals surface area contributed by atoms with Gasteiger partial charge in [-0.15, -0.1) is 0 Å². The van der Waals surface area contributed by atoms with Gasteiger partial charge in [-0.25, -0.2) is 4.79 Å². The molecular formula is C19H22N2O3. The van der Waals surface area contributed by atoms with E-state index in [4.69, 9.17) is 4.74 Å². The fourth-order valence-electron chi connectivity index (χ4n) is 3.30. The van der Waals surface area contributed by atoms with Crippen molar-refractivity contribution in [2.24, 2.45) is 0 Å². The minimum atomic E-state index is -0.777. The smallest absolute Gasteiger partial charge is 0.341 e. The number of fused-ring (bicyclic) bond motifs is 1. The Hall–Kier alpha value is -2.43. The lowest BCUT2D eigenvalue weighted by Gasteiger charge is -2.21. The van der Waals surface area contributed by atoms with Crippen LogP contribution in [0.1, 0.15) is 41.4 Å². The number of pyridine rings is 1. The zero-order chi connectivity index (χ0) is 17.3. The molecule has 5 nitrogen and oxygen atoms in total. The quantitative estimate of drug-likeness (QED) is 0.814. The van der Waals surface area contributed by atoms with E-state index in [0.29, 0.717) is 11.3 Å². The normalized spacial score (nSPS) is 15.5. The molecule has 3 rings (SSSR count). The van der Waals surface area contributed by atoms with Crippen LogP contribution >= 0.6 is 0 Å². The summed E-state index contributed by atoms with van der Waals surface area (Å²) >= 11 is 0. The van der Waals surface area contributed by atoms with Gasteiger partial charge in [0.1, 0.15) is 0 Å². The van der Waals surface area contributed by atoms with E-state index in [1.807, 2.05) is 31.2 Å². The average molecular weight is 326 g/mol. The Morgan fingerprint density at radius 2 is 1.83 bits per heavy atom. The monoisotopic (exact) mass is 326 g/mol. The van der Waals surface area contributed by atoms with Crippen LogP contribution in [0.3, 0.4) is 0 Å². The lowest BCUT2D eigenvalue weighted by molar-refractivity contribution is -0.138. The molecule has 2 aromatic rings. The summed E-state index contributed by atoms with van der Waals surface area (Å²) in [6, 6.07) is 7.70. The number of nitrogens with zero attached hydrogens (tertiary/aromatic N) is 2. The fraction of sp³-hybridized carbons (Fsp3) is 0.421. The predicted octanol–water partition coefficient (Wildman–Crippen LogP) is 3.02. The van der Waals surface area contributed by atoms with Crippen molar-refractivity contribution in [1.29, 1.82) is 0 Å². The van der Waals surface area contributed by atoms with E-state index in [1.54, 1.807) is 18.7 Å². The van der Waals surface area contributed by atoms with Crippen molar-refractivity contribution in [2.75, 3.05) is 13.1 Å². The summed E-state index contributed by atoms with van der Waals surface area (Å²) < 4.78 is 5.45. The third kappa shape index (κ3) is 2.98. The second-order valence-corrected chi connectivity index (χ2v) is 6.29. The zero-order valence-corrected chi connectivity index (χ0v) is 14.3. The van der Waals surface area contributed by atoms with E-state index in [9.17, 15) is 9.59 Å². The number of hydrogen-bond donors (Lipinski definition) is 0. The van der Waals surface area contributed by atoms with Crippen molar-refractivity contribution in [3.63, 3.8) is 0 Å². The number of rotatable bonds is 3. The summed E-state index contributed by atoms with van der Waals surface area (Å²) in [6.07, 6.45) is 1.25. The van der Waals surface area contributed by atoms with Gasteiger partial charge in [-0.2, -0.15) is 0 Å². The number of carbonyl (C=O) groups excluding carboxylic acids is 2. The van der Waals surface area contributed by atoms with Crippen LogP contribution in [0.25, 0.3) is 10.9 Å². The molecular weight excluding hydrogens is 304 g/mol. The number of benzene rings is 1. The maximum absolute atomic E-state index is 12.6. The van der Waals surface area contributed by atoms with Crippen molar-refractivity contribution in [2.45, 2.75) is 39.7 Å². The first-order valence-electron chi connectivity index (χ1n) is 8.34. The molecule has 1 fully saturated rings. The molecule has 1 aliphatic heterocycles. The van der Waals surface area contributed by atoms with Crippen LogP contribution in [0.5, 0.6) is 0 Å². The predicted molar refractivity (Wildman–Crippen MR) is 91.9 cm³/mol. The molecule has 2 heterocycles. The van der Waals surface area contributed by atoms with Gasteiger partial charge in [-0.1, -0.05) is 18.2 Å². The minimum Gasteiger partial charge on any atom is -0.449 e. The fourth-order valence-corrected chi connectivity index (χ4v) is 3.30. The molecule has 1 saturated heterocycles. The number of amides is 1. The van der Waals surface area contributed by atoms with Crippen LogP contribution in [0.15, 0.2) is 24.3 Å². The number of aryl methyl sites for hydroxylation is 2. The lowest BCUT2D eigenvalue weighted by Crippen LogP contribution is -2.38. The third-order valence-electron chi connectivity index (χ3n) is 4.59. The van der Waals surface area contributed by atoms with Crippen molar-refractivity contribution >= 4 is 22.8 Å². The topological polar surface area (TPSA) is 59.5 Å². The summed E-state index contributed by atoms with van der Waals surface area (Å²) in [5.41, 5.74) is 2.76. The van der Waals surface area contributed by atoms with Gasteiger partial charge >= 0.3 is 5.97 Å². The minimum absolute atomic E-state index is 0.120. The van der Waals surface area contributed by atoms with Crippen LogP contribution in [0, 0.1) is 13.8 Å². The van der Waals surface area contributed by atoms with Crippen LogP contribution in [0.2, 0.25) is 0 Å². The second-order valence-electron chi connectivity index (χ2n) is 6.29. The highest BCUT2D eigenvalue weighted by atomic mass is 16.5. The van der Waals surface area contributed by atoms with E-state index in [1.165, 1.54) is 0 Å². The maximum Gasteiger partial charge on any atom is 0.341 e. The summed E-state index contributed by atoms with van der Waals surface area (Å²) in [4.78, 5) is 31.2. The highest BCUT2D eigenvalue weighted by molar-refractivity contribution is 5.99. The maximum atomic E-state index is 12.6. The lowest BCUT2D eigenvalue weighted by atomic mass is 10.0. The second kappa shape index (κ2) is 6.59. The molecule has 5 heteroatoms. The highest BCUT2D eigenvalue weighted by Crippen LogP contribution is 2.23. The van der Waals surface area contributed by atoms with E-state index in [0.717, 1.165) is 42.4 Å². The first kappa shape index (κ1) is 16.4. The van der Waals surface area contributed by atoms with E-state index < -0.39 is 12.1 Å². The Balaban J connectivity index is 1.84. The van der Waals surface area contributed by atoms with Gasteiger partial charge in [-0.05, 0) is 45.2 Å². The van der Waals surface area contributed by atoms with Crippen LogP contribution in [-0.2, 0) is 9.53 Å². The van der Waals surface area contributed by atoms with E-state index in [-0.39, 0.29) is 5.91 Å². The third-order valence-corrected chi connectivity index (χ3v) is 4.59. The Bertz CT molecular complexity index is 795. The number of ether oxygens (including phenoxy) is 1. The molecule has 0 bridgehead atoms. The number of hydrogen-bond acceptors (Lipinski definition) is 4. The summed E-state index contributed by atoms with van der Waals surface area (Å²) in [6.45, 7) is 6.81. The Kier molecular flexibility index (Phi) is 4.51. The average Bonchev–Trinajstić information content (AvgIpc) is 3.08. The number of likely N-dealkylation sites (tertiary alicyclic amines) is 1. The number of esters is 1. The van der Waals surface area contributed by atoms with Gasteiger partial charge < -0.3 is 9.64 Å². The van der Waals surface area contributed by atoms with Crippen molar-refractivity contribution in [3.8, 4) is 0 Å². The van der Waals surface area contributed by atoms with Crippen LogP contribution < -0.4 is 0 Å². The molecule has 0 spiro atoms. The standard InChI is InChI=1S/C19H22N2O3/c1-12-15-8-4-5-9-16(15)20-13(2)17(12)19(23)24-14(3)18(22)21-10-6-7-11-21/h4-5,8-9,14H,6-7,10-11H2,1-3H3. The van der Waals surface area contributed by atoms with Crippen molar-refractivity contribution in [3.05, 3.63) is 41.1 Å². The first-order valence-corrected chi connectivity index (χ1v) is 8.34. The van der Waals surface area contributed by atoms with Crippen molar-refractivity contribution in [1.82, 2.24) is 9.88 Å². The molecule has 1 aliphatic rings. The molecule has 0 aliphatic carbocycles. The Labute approximate surface area is 141 Å². The molecule has 1 amide bonds. The molecule has 126 valence electrons. The summed E-state index contributed by atoms with van der Waals surface area (Å²) in [7, 11) is 0. The largest absolute Gasteiger partial charge is 0.449 e. The van der Waals surface area contributed by atoms with Gasteiger partial charge in [0.25, 0.3) is 5.91 Å². The van der Waals surface area contributed by atoms with Crippen LogP contribution in [-0.4, -0.2) is 41.0 Å². The van der Waals surface area contributed by atoms with Gasteiger partial charge in [0.05, 0.1) is 16.8 Å². The number of carbonyl (C=O) groups is 2. The molecule has 1 aromatic carbocycles. The molecule has 1 aromatic heterocycles. The molecule has 0 saturated carbocycles. The van der Waals surface area contributed by atoms with Gasteiger partial charge in [-0.3, -0.25) is 9.78 Å². The zero-order valence-electron chi connectivity index (χ0n) is 14.3. The van der Waals surface area contributed by atoms with Crippen LogP contribution in [0.4, 0.5) is 0 Å². The molecule has 0 N–H and O–H groups in total.